The van der Waals surface area contributed by atoms with Crippen molar-refractivity contribution in [2.24, 2.45) is 0 Å². The Morgan fingerprint density at radius 1 is 1.20 bits per heavy atom. The highest BCUT2D eigenvalue weighted by molar-refractivity contribution is 5.23. The molecule has 106 valence electrons. The van der Waals surface area contributed by atoms with Crippen LogP contribution in [0.4, 0.5) is 8.78 Å². The molecule has 0 amide bonds. The van der Waals surface area contributed by atoms with Gasteiger partial charge in [0.05, 0.1) is 0 Å². The van der Waals surface area contributed by atoms with Gasteiger partial charge in [0, 0.05) is 18.4 Å². The molecule has 4 heteroatoms. The third kappa shape index (κ3) is 3.84. The summed E-state index contributed by atoms with van der Waals surface area (Å²) in [5.41, 5.74) is 1.81. The van der Waals surface area contributed by atoms with Crippen molar-refractivity contribution < 1.29 is 8.78 Å². The van der Waals surface area contributed by atoms with E-state index >= 15 is 0 Å². The third-order valence-corrected chi connectivity index (χ3v) is 3.15. The van der Waals surface area contributed by atoms with Crippen LogP contribution >= 0.6 is 0 Å². The van der Waals surface area contributed by atoms with Gasteiger partial charge in [0.15, 0.2) is 11.6 Å². The minimum absolute atomic E-state index is 0.0495. The van der Waals surface area contributed by atoms with Crippen LogP contribution < -0.4 is 5.32 Å². The van der Waals surface area contributed by atoms with E-state index in [0.717, 1.165) is 24.1 Å². The molecule has 1 aromatic heterocycles. The van der Waals surface area contributed by atoms with Crippen LogP contribution in [0.1, 0.15) is 30.5 Å². The first-order valence-corrected chi connectivity index (χ1v) is 6.78. The fourth-order valence-corrected chi connectivity index (χ4v) is 2.11. The van der Waals surface area contributed by atoms with Crippen LogP contribution in [-0.4, -0.2) is 11.5 Å². The fourth-order valence-electron chi connectivity index (χ4n) is 2.11. The molecule has 1 aromatic carbocycles. The summed E-state index contributed by atoms with van der Waals surface area (Å²) in [5, 5.41) is 3.41. The number of nitrogens with zero attached hydrogens (tertiary/aromatic N) is 1. The van der Waals surface area contributed by atoms with Gasteiger partial charge >= 0.3 is 0 Å². The van der Waals surface area contributed by atoms with Crippen molar-refractivity contribution in [3.8, 4) is 0 Å². The molecule has 20 heavy (non-hydrogen) atoms. The highest BCUT2D eigenvalue weighted by Gasteiger charge is 2.13. The van der Waals surface area contributed by atoms with Crippen molar-refractivity contribution in [3.05, 3.63) is 65.5 Å². The summed E-state index contributed by atoms with van der Waals surface area (Å²) in [7, 11) is 0. The average molecular weight is 276 g/mol. The second-order valence-electron chi connectivity index (χ2n) is 4.75. The maximum Gasteiger partial charge on any atom is 0.159 e. The van der Waals surface area contributed by atoms with Gasteiger partial charge < -0.3 is 5.32 Å². The number of halogens is 2. The maximum atomic E-state index is 13.3. The second-order valence-corrected chi connectivity index (χ2v) is 4.75. The van der Waals surface area contributed by atoms with Gasteiger partial charge in [0.2, 0.25) is 0 Å². The van der Waals surface area contributed by atoms with E-state index in [1.165, 1.54) is 12.1 Å². The van der Waals surface area contributed by atoms with Crippen LogP contribution in [0.5, 0.6) is 0 Å². The minimum atomic E-state index is -0.812. The Kier molecular flexibility index (Phi) is 5.18. The summed E-state index contributed by atoms with van der Waals surface area (Å²) < 4.78 is 26.2. The molecule has 0 aliphatic carbocycles. The van der Waals surface area contributed by atoms with Gasteiger partial charge in [-0.3, -0.25) is 4.98 Å². The van der Waals surface area contributed by atoms with Crippen molar-refractivity contribution >= 4 is 0 Å². The minimum Gasteiger partial charge on any atom is -0.310 e. The molecule has 0 fully saturated rings. The van der Waals surface area contributed by atoms with Crippen LogP contribution in [0.3, 0.4) is 0 Å². The monoisotopic (exact) mass is 276 g/mol. The number of pyridine rings is 1. The molecule has 2 aromatic rings. The Labute approximate surface area is 117 Å². The first-order valence-electron chi connectivity index (χ1n) is 6.78. The Morgan fingerprint density at radius 2 is 2.05 bits per heavy atom. The summed E-state index contributed by atoms with van der Waals surface area (Å²) in [6.07, 6.45) is 5.13. The number of rotatable bonds is 6. The quantitative estimate of drug-likeness (QED) is 0.871. The predicted molar refractivity (Wildman–Crippen MR) is 75.3 cm³/mol. The van der Waals surface area contributed by atoms with Crippen molar-refractivity contribution in [3.63, 3.8) is 0 Å². The number of hydrogen-bond donors (Lipinski definition) is 1. The lowest BCUT2D eigenvalue weighted by Crippen LogP contribution is -2.24. The average Bonchev–Trinajstić information content (AvgIpc) is 2.48. The van der Waals surface area contributed by atoms with E-state index < -0.39 is 11.6 Å². The maximum absolute atomic E-state index is 13.3. The van der Waals surface area contributed by atoms with Crippen LogP contribution in [0.15, 0.2) is 42.7 Å². The molecule has 0 spiro atoms. The molecule has 0 aliphatic heterocycles. The molecule has 0 saturated carbocycles. The van der Waals surface area contributed by atoms with Gasteiger partial charge in [-0.05, 0) is 48.7 Å². The Bertz CT molecular complexity index is 543. The predicted octanol–water partition coefficient (Wildman–Crippen LogP) is 3.64. The van der Waals surface area contributed by atoms with Gasteiger partial charge in [0.25, 0.3) is 0 Å². The van der Waals surface area contributed by atoms with Crippen LogP contribution in [0.25, 0.3) is 0 Å². The van der Waals surface area contributed by atoms with Gasteiger partial charge in [-0.2, -0.15) is 0 Å². The zero-order chi connectivity index (χ0) is 14.4. The van der Waals surface area contributed by atoms with Gasteiger partial charge in [-0.25, -0.2) is 8.78 Å². The van der Waals surface area contributed by atoms with E-state index in [2.05, 4.69) is 17.2 Å². The summed E-state index contributed by atoms with van der Waals surface area (Å²) in [6, 6.07) is 7.96. The van der Waals surface area contributed by atoms with E-state index in [-0.39, 0.29) is 6.04 Å². The van der Waals surface area contributed by atoms with E-state index in [9.17, 15) is 8.78 Å². The summed E-state index contributed by atoms with van der Waals surface area (Å²) in [6.45, 7) is 2.95. The Balaban J connectivity index is 2.17. The van der Waals surface area contributed by atoms with Crippen LogP contribution in [0, 0.1) is 11.6 Å². The largest absolute Gasteiger partial charge is 0.310 e. The zero-order valence-corrected chi connectivity index (χ0v) is 11.4. The molecule has 2 rings (SSSR count). The lowest BCUT2D eigenvalue weighted by Gasteiger charge is -2.19. The summed E-state index contributed by atoms with van der Waals surface area (Å²) in [5.74, 6) is -1.61. The number of nitrogens with one attached hydrogen (secondary N) is 1. The Morgan fingerprint density at radius 3 is 2.70 bits per heavy atom. The molecule has 1 N–H and O–H groups in total. The SMILES string of the molecule is CCCNC(Cc1ccc(F)c(F)c1)c1cccnc1. The highest BCUT2D eigenvalue weighted by Crippen LogP contribution is 2.19. The van der Waals surface area contributed by atoms with Crippen molar-refractivity contribution in [2.75, 3.05) is 6.54 Å². The molecule has 0 radical (unpaired) electrons. The smallest absolute Gasteiger partial charge is 0.159 e. The lowest BCUT2D eigenvalue weighted by molar-refractivity contribution is 0.500. The fraction of sp³-hybridized carbons (Fsp3) is 0.312. The van der Waals surface area contributed by atoms with E-state index in [4.69, 9.17) is 0 Å². The zero-order valence-electron chi connectivity index (χ0n) is 11.4. The van der Waals surface area contributed by atoms with Crippen molar-refractivity contribution in [2.45, 2.75) is 25.8 Å². The van der Waals surface area contributed by atoms with Gasteiger partial charge in [0.1, 0.15) is 0 Å². The molecular formula is C16H18F2N2. The lowest BCUT2D eigenvalue weighted by atomic mass is 10.00. The van der Waals surface area contributed by atoms with Gasteiger partial charge in [-0.1, -0.05) is 19.1 Å². The third-order valence-electron chi connectivity index (χ3n) is 3.15. The van der Waals surface area contributed by atoms with E-state index in [0.29, 0.717) is 6.42 Å². The normalized spacial score (nSPS) is 12.3. The molecule has 1 heterocycles. The Hall–Kier alpha value is -1.81. The van der Waals surface area contributed by atoms with Crippen molar-refractivity contribution in [1.82, 2.24) is 10.3 Å². The molecular weight excluding hydrogens is 258 g/mol. The molecule has 0 bridgehead atoms. The topological polar surface area (TPSA) is 24.9 Å². The summed E-state index contributed by atoms with van der Waals surface area (Å²) >= 11 is 0. The molecule has 1 unspecified atom stereocenters. The summed E-state index contributed by atoms with van der Waals surface area (Å²) in [4.78, 5) is 4.11. The molecule has 2 nitrogen and oxygen atoms in total. The van der Waals surface area contributed by atoms with Crippen LogP contribution in [0.2, 0.25) is 0 Å². The van der Waals surface area contributed by atoms with E-state index in [1.807, 2.05) is 12.1 Å². The molecule has 1 atom stereocenters. The molecule has 0 aliphatic rings. The van der Waals surface area contributed by atoms with Crippen molar-refractivity contribution in [1.29, 1.82) is 0 Å². The highest BCUT2D eigenvalue weighted by atomic mass is 19.2. The van der Waals surface area contributed by atoms with Gasteiger partial charge in [-0.15, -0.1) is 0 Å². The standard InChI is InChI=1S/C16H18F2N2/c1-2-7-20-16(13-4-3-8-19-11-13)10-12-5-6-14(17)15(18)9-12/h3-6,8-9,11,16,20H,2,7,10H2,1H3. The van der Waals surface area contributed by atoms with E-state index in [1.54, 1.807) is 18.5 Å². The first kappa shape index (κ1) is 14.6. The number of hydrogen-bond acceptors (Lipinski definition) is 2. The first-order chi connectivity index (χ1) is 9.70. The molecule has 0 saturated heterocycles. The number of benzene rings is 1. The second kappa shape index (κ2) is 7.10. The number of aromatic nitrogens is 1. The van der Waals surface area contributed by atoms with Crippen LogP contribution in [-0.2, 0) is 6.42 Å².